The highest BCUT2D eigenvalue weighted by Gasteiger charge is 2.48. The van der Waals surface area contributed by atoms with Crippen LogP contribution in [0.15, 0.2) is 514 Å². The maximum atomic E-state index is 3.70. The molecule has 20 aromatic carbocycles. The van der Waals surface area contributed by atoms with Gasteiger partial charge in [-0.1, -0.05) is 454 Å². The molecule has 1 atom stereocenters. The Morgan fingerprint density at radius 1 is 0.211 bits per heavy atom. The fourth-order valence-electron chi connectivity index (χ4n) is 20.7. The first-order chi connectivity index (χ1) is 62.9. The quantitative estimate of drug-likeness (QED) is 0.0906. The van der Waals surface area contributed by atoms with Gasteiger partial charge in [0.2, 0.25) is 0 Å². The molecule has 2 nitrogen and oxygen atoms in total. The van der Waals surface area contributed by atoms with Crippen LogP contribution in [-0.2, 0) is 17.3 Å². The van der Waals surface area contributed by atoms with E-state index >= 15 is 0 Å². The minimum absolute atomic E-state index is 0. The Morgan fingerprint density at radius 3 is 1.05 bits per heavy atom. The van der Waals surface area contributed by atoms with Gasteiger partial charge in [0.1, 0.15) is 0 Å². The molecule has 0 saturated carbocycles. The number of aromatic nitrogens is 2. The van der Waals surface area contributed by atoms with Crippen LogP contribution in [0.25, 0.3) is 122 Å². The highest BCUT2D eigenvalue weighted by atomic mass is 79.9. The fraction of sp³-hybridized carbons (Fsp3) is 0.0400. The van der Waals surface area contributed by atoms with Crippen LogP contribution in [0, 0.1) is 0 Å². The van der Waals surface area contributed by atoms with E-state index in [1.54, 1.807) is 0 Å². The van der Waals surface area contributed by atoms with E-state index in [2.05, 4.69) is 529 Å². The summed E-state index contributed by atoms with van der Waals surface area (Å²) in [7, 11) is 0. The largest absolute Gasteiger partial charge is 0.309 e. The summed E-state index contributed by atoms with van der Waals surface area (Å²) in [4.78, 5) is 0. The Hall–Kier alpha value is -15.5. The number of hydrogen-bond donors (Lipinski definition) is 0. The number of rotatable bonds is 15. The van der Waals surface area contributed by atoms with Gasteiger partial charge in [-0.25, -0.2) is 0 Å². The second-order valence-electron chi connectivity index (χ2n) is 33.3. The molecular formula is C125H91BrN2. The van der Waals surface area contributed by atoms with Crippen LogP contribution in [0.2, 0.25) is 0 Å². The van der Waals surface area contributed by atoms with Crippen molar-refractivity contribution >= 4 is 59.5 Å². The zero-order chi connectivity index (χ0) is 84.6. The van der Waals surface area contributed by atoms with Crippen molar-refractivity contribution in [3.63, 3.8) is 0 Å². The predicted octanol–water partition coefficient (Wildman–Crippen LogP) is 32.8. The average Bonchev–Trinajstić information content (AvgIpc) is 1.54. The average molecular weight is 1700 g/mol. The maximum absolute atomic E-state index is 3.70. The normalized spacial score (nSPS) is 12.6. The van der Waals surface area contributed by atoms with E-state index < -0.39 is 5.41 Å². The second kappa shape index (κ2) is 34.5. The monoisotopic (exact) mass is 1700 g/mol. The molecule has 0 spiro atoms. The Kier molecular flexibility index (Phi) is 21.5. The van der Waals surface area contributed by atoms with Gasteiger partial charge in [0, 0.05) is 43.3 Å². The van der Waals surface area contributed by atoms with Crippen LogP contribution >= 0.6 is 15.9 Å². The summed E-state index contributed by atoms with van der Waals surface area (Å²) in [6.07, 6.45) is 0.935. The number of fused-ring (bicyclic) bond motifs is 12. The molecule has 2 aromatic heterocycles. The van der Waals surface area contributed by atoms with Gasteiger partial charge in [0.05, 0.1) is 32.9 Å². The lowest BCUT2D eigenvalue weighted by molar-refractivity contribution is 0.765. The summed E-state index contributed by atoms with van der Waals surface area (Å²) in [5.74, 6) is -0.0234. The van der Waals surface area contributed by atoms with E-state index in [0.29, 0.717) is 0 Å². The van der Waals surface area contributed by atoms with Crippen molar-refractivity contribution < 1.29 is 0 Å². The molecule has 2 aliphatic carbocycles. The van der Waals surface area contributed by atoms with E-state index in [0.717, 1.165) is 10.9 Å². The molecule has 2 aliphatic rings. The van der Waals surface area contributed by atoms with Gasteiger partial charge < -0.3 is 9.13 Å². The minimum Gasteiger partial charge on any atom is -0.309 e. The zero-order valence-electron chi connectivity index (χ0n) is 70.1. The number of para-hydroxylation sites is 4. The van der Waals surface area contributed by atoms with Crippen molar-refractivity contribution in [3.05, 3.63) is 586 Å². The van der Waals surface area contributed by atoms with Crippen LogP contribution in [0.5, 0.6) is 0 Å². The van der Waals surface area contributed by atoms with Crippen molar-refractivity contribution in [2.24, 2.45) is 0 Å². The van der Waals surface area contributed by atoms with Crippen molar-refractivity contribution in [1.29, 1.82) is 0 Å². The zero-order valence-corrected chi connectivity index (χ0v) is 71.6. The molecule has 3 heteroatoms. The number of nitrogens with zero attached hydrogens (tertiary/aromatic N) is 2. The van der Waals surface area contributed by atoms with Gasteiger partial charge in [-0.2, -0.15) is 0 Å². The van der Waals surface area contributed by atoms with E-state index in [-0.39, 0.29) is 18.8 Å². The third-order valence-electron chi connectivity index (χ3n) is 26.3. The van der Waals surface area contributed by atoms with Crippen molar-refractivity contribution in [2.45, 2.75) is 30.6 Å². The van der Waals surface area contributed by atoms with Gasteiger partial charge in [-0.3, -0.25) is 0 Å². The molecule has 0 aliphatic heterocycles. The molecule has 0 amide bonds. The third kappa shape index (κ3) is 14.1. The van der Waals surface area contributed by atoms with Gasteiger partial charge in [-0.05, 0) is 224 Å². The molecule has 2 heterocycles. The summed E-state index contributed by atoms with van der Waals surface area (Å²) in [5, 5.41) is 5.05. The van der Waals surface area contributed by atoms with Crippen LogP contribution < -0.4 is 0 Å². The van der Waals surface area contributed by atoms with Crippen molar-refractivity contribution in [2.75, 3.05) is 0 Å². The van der Waals surface area contributed by atoms with Crippen LogP contribution in [0.3, 0.4) is 0 Å². The van der Waals surface area contributed by atoms with Gasteiger partial charge in [0.15, 0.2) is 0 Å². The van der Waals surface area contributed by atoms with E-state index in [1.807, 2.05) is 6.07 Å². The van der Waals surface area contributed by atoms with Crippen LogP contribution in [0.1, 0.15) is 85.7 Å². The summed E-state index contributed by atoms with van der Waals surface area (Å²) < 4.78 is 5.84. The molecule has 22 aromatic rings. The number of benzene rings is 20. The van der Waals surface area contributed by atoms with E-state index in [4.69, 9.17) is 0 Å². The number of halogens is 1. The molecular weight excluding hydrogens is 1610 g/mol. The molecule has 0 saturated heterocycles. The van der Waals surface area contributed by atoms with Crippen LogP contribution in [0.4, 0.5) is 0 Å². The molecule has 24 rings (SSSR count). The van der Waals surface area contributed by atoms with E-state index in [1.165, 1.54) is 194 Å². The molecule has 0 fully saturated rings. The fourth-order valence-corrected chi connectivity index (χ4v) is 21.2. The standard InChI is InChI=1S/C62H43N.C32H24.C30H20BrN.CH4/c1-5-20-43(21-6-1)61(47-36-38-53-52-31-15-17-34-57(52)62(58(53)42-47,48-24-7-2-8-25-48)49-26-9-3-10-27-49)55-33-14-13-30-51(55)46-23-19-22-44(40-46)45-37-39-60-56(41-45)54-32-16-18-35-59(54)63(60)50-28-11-4-12-29-50;1-4-12-24(13-5-1)22-25-20-21-29-28-18-10-11-19-30(28)32(31(29)23-25,26-14-6-2-7-15-26)27-16-8-3-9-17-27;31-28-15-6-4-13-25(28)23-10-8-9-21(19-23)22-17-18-30-27(20-22)26-14-5-7-16-29(26)32(30)24-11-2-1-3-12-24;/h1-42,61H;1-21,23H,22H2;1-20H;1H4. The lowest BCUT2D eigenvalue weighted by atomic mass is 9.67. The second-order valence-corrected chi connectivity index (χ2v) is 34.2. The van der Waals surface area contributed by atoms with Gasteiger partial charge >= 0.3 is 0 Å². The molecule has 1 unspecified atom stereocenters. The Bertz CT molecular complexity index is 7690. The summed E-state index contributed by atoms with van der Waals surface area (Å²) >= 11 is 3.70. The Morgan fingerprint density at radius 2 is 0.562 bits per heavy atom. The lowest BCUT2D eigenvalue weighted by Gasteiger charge is -2.34. The highest BCUT2D eigenvalue weighted by Crippen LogP contribution is 2.59. The van der Waals surface area contributed by atoms with E-state index in [9.17, 15) is 0 Å². The Labute approximate surface area is 758 Å². The van der Waals surface area contributed by atoms with Crippen molar-refractivity contribution in [1.82, 2.24) is 9.13 Å². The summed E-state index contributed by atoms with van der Waals surface area (Å²) in [5.41, 5.74) is 38.5. The molecule has 608 valence electrons. The first kappa shape index (κ1) is 79.6. The first-order valence-corrected chi connectivity index (χ1v) is 44.7. The maximum Gasteiger partial charge on any atom is 0.0713 e. The van der Waals surface area contributed by atoms with Crippen molar-refractivity contribution in [3.8, 4) is 78.1 Å². The molecule has 0 N–H and O–H groups in total. The molecule has 128 heavy (non-hydrogen) atoms. The topological polar surface area (TPSA) is 9.86 Å². The predicted molar refractivity (Wildman–Crippen MR) is 542 cm³/mol. The lowest BCUT2D eigenvalue weighted by Crippen LogP contribution is -2.28. The number of hydrogen-bond acceptors (Lipinski definition) is 0. The Balaban J connectivity index is 0.000000128. The summed E-state index contributed by atoms with van der Waals surface area (Å²) in [6, 6.07) is 186. The molecule has 0 bridgehead atoms. The van der Waals surface area contributed by atoms with Gasteiger partial charge in [-0.15, -0.1) is 0 Å². The first-order valence-electron chi connectivity index (χ1n) is 43.9. The summed E-state index contributed by atoms with van der Waals surface area (Å²) in [6.45, 7) is 0. The van der Waals surface area contributed by atoms with Gasteiger partial charge in [0.25, 0.3) is 0 Å². The molecule has 0 radical (unpaired) electrons. The smallest absolute Gasteiger partial charge is 0.0713 e. The highest BCUT2D eigenvalue weighted by molar-refractivity contribution is 9.10. The minimum atomic E-state index is -0.478. The SMILES string of the molecule is Brc1ccccc1-c1cccc(-c2ccc3c(c2)c2ccccc2n3-c2ccccc2)c1.C.c1ccc(C(c2ccc3c(c2)C(c2ccccc2)(c2ccccc2)c2ccccc2-3)c2ccccc2-c2cccc(-c3ccc4c(c3)c3ccccc3n4-c3ccccc3)c2)cc1.c1ccc(Cc2ccc3c(c2)C(c2ccccc2)(c2ccccc2)c2ccccc2-3)cc1. The third-order valence-corrected chi connectivity index (χ3v) is 26.9. The van der Waals surface area contributed by atoms with Crippen LogP contribution in [-0.4, -0.2) is 9.13 Å².